The SMILES string of the molecule is C[O][Al]1[O]C(=O)CCCCCCCCCC=C(C#N)C(=O)[O]1. The average Bonchev–Trinajstić information content (AvgIpc) is 2.51. The lowest BCUT2D eigenvalue weighted by atomic mass is 10.1. The summed E-state index contributed by atoms with van der Waals surface area (Å²) >= 11 is -2.87. The molecule has 1 rings (SSSR count). The van der Waals surface area contributed by atoms with Gasteiger partial charge >= 0.3 is 21.1 Å². The molecule has 0 N–H and O–H groups in total. The van der Waals surface area contributed by atoms with Crippen molar-refractivity contribution in [2.75, 3.05) is 7.11 Å². The molecule has 0 spiro atoms. The summed E-state index contributed by atoms with van der Waals surface area (Å²) in [5, 5.41) is 9.01. The monoisotopic (exact) mass is 323 g/mol. The summed E-state index contributed by atoms with van der Waals surface area (Å²) in [5.74, 6) is -1.19. The highest BCUT2D eigenvalue weighted by Gasteiger charge is 2.42. The summed E-state index contributed by atoms with van der Waals surface area (Å²) < 4.78 is 15.0. The Labute approximate surface area is 136 Å². The Kier molecular flexibility index (Phi) is 9.58. The Bertz CT molecular complexity index is 444. The minimum atomic E-state index is -2.87. The van der Waals surface area contributed by atoms with Crippen molar-refractivity contribution in [3.63, 3.8) is 0 Å². The van der Waals surface area contributed by atoms with E-state index in [0.29, 0.717) is 12.8 Å². The minimum absolute atomic E-state index is 0.0577. The Morgan fingerprint density at radius 1 is 1.09 bits per heavy atom. The van der Waals surface area contributed by atoms with Gasteiger partial charge in [0.1, 0.15) is 11.6 Å². The lowest BCUT2D eigenvalue weighted by Gasteiger charge is -2.11. The van der Waals surface area contributed by atoms with E-state index in [-0.39, 0.29) is 5.57 Å². The van der Waals surface area contributed by atoms with Crippen LogP contribution in [0.2, 0.25) is 0 Å². The number of allylic oxidation sites excluding steroid dienone is 1. The second kappa shape index (κ2) is 11.3. The van der Waals surface area contributed by atoms with Crippen LogP contribution in [-0.2, 0) is 21.0 Å². The van der Waals surface area contributed by atoms with E-state index in [1.54, 1.807) is 6.08 Å². The van der Waals surface area contributed by atoms with Crippen LogP contribution < -0.4 is 0 Å². The zero-order valence-corrected chi connectivity index (χ0v) is 14.2. The summed E-state index contributed by atoms with van der Waals surface area (Å²) in [4.78, 5) is 23.5. The van der Waals surface area contributed by atoms with Gasteiger partial charge in [-0.05, 0) is 19.3 Å². The third-order valence-electron chi connectivity index (χ3n) is 3.40. The van der Waals surface area contributed by atoms with Gasteiger partial charge in [0.25, 0.3) is 5.97 Å². The molecule has 0 aromatic rings. The third kappa shape index (κ3) is 7.61. The fourth-order valence-electron chi connectivity index (χ4n) is 2.16. The largest absolute Gasteiger partial charge is 1.10 e. The number of nitrogens with zero attached hydrogens (tertiary/aromatic N) is 1. The third-order valence-corrected chi connectivity index (χ3v) is 4.64. The van der Waals surface area contributed by atoms with Crippen LogP contribution in [0, 0.1) is 11.3 Å². The van der Waals surface area contributed by atoms with Crippen molar-refractivity contribution in [1.29, 1.82) is 5.26 Å². The lowest BCUT2D eigenvalue weighted by Crippen LogP contribution is -2.32. The van der Waals surface area contributed by atoms with E-state index in [1.165, 1.54) is 7.11 Å². The van der Waals surface area contributed by atoms with Crippen LogP contribution in [0.3, 0.4) is 0 Å². The van der Waals surface area contributed by atoms with E-state index >= 15 is 0 Å². The maximum absolute atomic E-state index is 11.9. The molecule has 0 radical (unpaired) electrons. The van der Waals surface area contributed by atoms with Gasteiger partial charge in [0.15, 0.2) is 0 Å². The first kappa shape index (κ1) is 18.7. The van der Waals surface area contributed by atoms with Crippen LogP contribution in [0.4, 0.5) is 0 Å². The van der Waals surface area contributed by atoms with Gasteiger partial charge in [0.05, 0.1) is 0 Å². The maximum Gasteiger partial charge on any atom is 1.10 e. The number of rotatable bonds is 1. The fourth-order valence-corrected chi connectivity index (χ4v) is 3.03. The van der Waals surface area contributed by atoms with Crippen LogP contribution >= 0.6 is 0 Å². The molecule has 0 amide bonds. The van der Waals surface area contributed by atoms with E-state index < -0.39 is 27.1 Å². The molecule has 0 bridgehead atoms. The molecule has 0 aromatic carbocycles. The van der Waals surface area contributed by atoms with E-state index in [4.69, 9.17) is 16.6 Å². The molecule has 0 unspecified atom stereocenters. The topological polar surface area (TPSA) is 85.6 Å². The molecule has 7 heteroatoms. The van der Waals surface area contributed by atoms with E-state index in [0.717, 1.165) is 44.9 Å². The van der Waals surface area contributed by atoms with Crippen LogP contribution in [0.15, 0.2) is 11.6 Å². The van der Waals surface area contributed by atoms with Gasteiger partial charge in [-0.15, -0.1) is 0 Å². The predicted octanol–water partition coefficient (Wildman–Crippen LogP) is 2.68. The van der Waals surface area contributed by atoms with Crippen molar-refractivity contribution >= 4 is 27.1 Å². The van der Waals surface area contributed by atoms with Gasteiger partial charge in [-0.1, -0.05) is 38.2 Å². The second-order valence-corrected chi connectivity index (χ2v) is 6.68. The number of carbonyl (C=O) groups is 2. The van der Waals surface area contributed by atoms with Gasteiger partial charge in [0, 0.05) is 13.5 Å². The van der Waals surface area contributed by atoms with Gasteiger partial charge in [-0.25, -0.2) is 4.79 Å². The Morgan fingerprint density at radius 3 is 2.36 bits per heavy atom. The molecular formula is C15H22AlNO5. The van der Waals surface area contributed by atoms with Gasteiger partial charge in [0.2, 0.25) is 0 Å². The number of hydrogen-bond donors (Lipinski definition) is 0. The van der Waals surface area contributed by atoms with Crippen molar-refractivity contribution in [1.82, 2.24) is 0 Å². The highest BCUT2D eigenvalue weighted by molar-refractivity contribution is 6.42. The molecule has 0 aromatic heterocycles. The van der Waals surface area contributed by atoms with Crippen molar-refractivity contribution in [3.8, 4) is 6.07 Å². The normalized spacial score (nSPS) is 19.6. The molecule has 1 aliphatic heterocycles. The Balaban J connectivity index is 2.69. The van der Waals surface area contributed by atoms with E-state index in [9.17, 15) is 9.59 Å². The standard InChI is InChI=1S/C14H21NO4.CH3O.Al/c15-11-12(14(18)19)9-7-5-3-1-2-4-6-8-10-13(16)17;1-2;/h9H,1-8,10H2,(H,16,17)(H,18,19);1H3;/q;-1;+3/p-2. The number of hydrogen-bond acceptors (Lipinski definition) is 6. The van der Waals surface area contributed by atoms with E-state index in [2.05, 4.69) is 0 Å². The fraction of sp³-hybridized carbons (Fsp3) is 0.667. The number of nitriles is 1. The molecule has 1 aliphatic rings. The Morgan fingerprint density at radius 2 is 1.73 bits per heavy atom. The lowest BCUT2D eigenvalue weighted by molar-refractivity contribution is -0.141. The minimum Gasteiger partial charge on any atom is -0.562 e. The van der Waals surface area contributed by atoms with Crippen molar-refractivity contribution in [3.05, 3.63) is 11.6 Å². The van der Waals surface area contributed by atoms with Crippen molar-refractivity contribution < 1.29 is 21.0 Å². The zero-order valence-electron chi connectivity index (χ0n) is 13.0. The van der Waals surface area contributed by atoms with Crippen LogP contribution in [0.5, 0.6) is 0 Å². The van der Waals surface area contributed by atoms with Gasteiger partial charge < -0.3 is 11.4 Å². The summed E-state index contributed by atoms with van der Waals surface area (Å²) in [6.45, 7) is 0. The molecule has 0 fully saturated rings. The van der Waals surface area contributed by atoms with Crippen LogP contribution in [0.1, 0.15) is 57.8 Å². The second-order valence-electron chi connectivity index (χ2n) is 5.16. The highest BCUT2D eigenvalue weighted by Crippen LogP contribution is 2.12. The summed E-state index contributed by atoms with van der Waals surface area (Å²) in [6, 6.07) is 1.82. The summed E-state index contributed by atoms with van der Waals surface area (Å²) in [5.41, 5.74) is -0.0577. The quantitative estimate of drug-likeness (QED) is 0.690. The summed E-state index contributed by atoms with van der Waals surface area (Å²) in [7, 11) is 1.32. The predicted molar refractivity (Wildman–Crippen MR) is 80.2 cm³/mol. The van der Waals surface area contributed by atoms with Gasteiger partial charge in [-0.3, -0.25) is 4.79 Å². The van der Waals surface area contributed by atoms with Gasteiger partial charge in [-0.2, -0.15) is 5.26 Å². The molecule has 22 heavy (non-hydrogen) atoms. The molecule has 0 atom stereocenters. The van der Waals surface area contributed by atoms with Crippen molar-refractivity contribution in [2.45, 2.75) is 57.8 Å². The molecule has 0 saturated heterocycles. The first-order chi connectivity index (χ1) is 10.7. The molecule has 1 heterocycles. The molecule has 0 aliphatic carbocycles. The van der Waals surface area contributed by atoms with Crippen LogP contribution in [-0.4, -0.2) is 34.2 Å². The number of carbonyl (C=O) groups excluding carboxylic acids is 2. The molecule has 6 nitrogen and oxygen atoms in total. The van der Waals surface area contributed by atoms with E-state index in [1.807, 2.05) is 6.07 Å². The first-order valence-electron chi connectivity index (χ1n) is 7.71. The average molecular weight is 323 g/mol. The zero-order chi connectivity index (χ0) is 16.2. The highest BCUT2D eigenvalue weighted by atomic mass is 27.3. The van der Waals surface area contributed by atoms with Crippen LogP contribution in [0.25, 0.3) is 0 Å². The smallest absolute Gasteiger partial charge is 0.562 e. The summed E-state index contributed by atoms with van der Waals surface area (Å²) in [6.07, 6.45) is 9.69. The molecule has 120 valence electrons. The molecular weight excluding hydrogens is 301 g/mol. The van der Waals surface area contributed by atoms with Crippen molar-refractivity contribution in [2.24, 2.45) is 0 Å². The molecule has 0 saturated carbocycles. The maximum atomic E-state index is 11.9. The first-order valence-corrected chi connectivity index (χ1v) is 9.12. The Hall–Kier alpha value is -1.34.